The van der Waals surface area contributed by atoms with E-state index in [1.165, 1.54) is 6.20 Å². The lowest BCUT2D eigenvalue weighted by atomic mass is 9.96. The lowest BCUT2D eigenvalue weighted by Crippen LogP contribution is -2.28. The minimum Gasteiger partial charge on any atom is -0.618 e. The average molecular weight is 247 g/mol. The van der Waals surface area contributed by atoms with Crippen LogP contribution in [0, 0.1) is 10.6 Å². The molecule has 0 unspecified atom stereocenters. The Morgan fingerprint density at radius 2 is 2.00 bits per heavy atom. The van der Waals surface area contributed by atoms with Gasteiger partial charge in [0.1, 0.15) is 5.75 Å². The third kappa shape index (κ3) is 2.54. The van der Waals surface area contributed by atoms with Crippen molar-refractivity contribution < 1.29 is 14.6 Å². The highest BCUT2D eigenvalue weighted by Crippen LogP contribution is 2.24. The predicted molar refractivity (Wildman–Crippen MR) is 69.3 cm³/mol. The van der Waals surface area contributed by atoms with Crippen molar-refractivity contribution in [1.82, 2.24) is 0 Å². The third-order valence-electron chi connectivity index (χ3n) is 2.81. The summed E-state index contributed by atoms with van der Waals surface area (Å²) in [7, 11) is 0. The molecule has 0 saturated heterocycles. The molecule has 1 aromatic carbocycles. The second kappa shape index (κ2) is 4.82. The summed E-state index contributed by atoms with van der Waals surface area (Å²) in [5, 5.41) is 21.6. The molecule has 0 aliphatic carbocycles. The maximum atomic E-state index is 11.6. The van der Waals surface area contributed by atoms with Crippen LogP contribution in [-0.2, 0) is 0 Å². The van der Waals surface area contributed by atoms with Gasteiger partial charge in [-0.05, 0) is 6.07 Å². The Balaban J connectivity index is 2.32. The lowest BCUT2D eigenvalue weighted by molar-refractivity contribution is -0.577. The zero-order valence-corrected chi connectivity index (χ0v) is 10.6. The summed E-state index contributed by atoms with van der Waals surface area (Å²) in [4.78, 5) is 0. The second-order valence-corrected chi connectivity index (χ2v) is 5.13. The molecule has 0 radical (unpaired) electrons. The molecular weight excluding hydrogens is 230 g/mol. The van der Waals surface area contributed by atoms with E-state index in [-0.39, 0.29) is 12.0 Å². The van der Waals surface area contributed by atoms with E-state index in [1.54, 1.807) is 12.1 Å². The highest BCUT2D eigenvalue weighted by Gasteiger charge is 2.18. The monoisotopic (exact) mass is 247 g/mol. The van der Waals surface area contributed by atoms with Gasteiger partial charge in [-0.3, -0.25) is 0 Å². The lowest BCUT2D eigenvalue weighted by Gasteiger charge is -2.22. The standard InChI is InChI=1S/C14H17NO3/c1-14(2,9-16)10-18-13-7-8-15(17)12-6-4-3-5-11(12)13/h3-8,16H,9-10H2,1-2H3. The highest BCUT2D eigenvalue weighted by molar-refractivity contribution is 5.82. The van der Waals surface area contributed by atoms with Crippen LogP contribution in [0.1, 0.15) is 13.8 Å². The summed E-state index contributed by atoms with van der Waals surface area (Å²) >= 11 is 0. The molecule has 2 aromatic rings. The van der Waals surface area contributed by atoms with Gasteiger partial charge < -0.3 is 15.1 Å². The summed E-state index contributed by atoms with van der Waals surface area (Å²) < 4.78 is 6.54. The van der Waals surface area contributed by atoms with Crippen molar-refractivity contribution in [2.75, 3.05) is 13.2 Å². The van der Waals surface area contributed by atoms with Crippen molar-refractivity contribution in [3.8, 4) is 5.75 Å². The molecule has 0 atom stereocenters. The number of pyridine rings is 1. The first-order valence-corrected chi connectivity index (χ1v) is 5.88. The van der Waals surface area contributed by atoms with Crippen LogP contribution < -0.4 is 9.47 Å². The highest BCUT2D eigenvalue weighted by atomic mass is 16.5. The van der Waals surface area contributed by atoms with Crippen LogP contribution in [0.3, 0.4) is 0 Å². The number of aromatic nitrogens is 1. The maximum absolute atomic E-state index is 11.6. The Morgan fingerprint density at radius 3 is 2.72 bits per heavy atom. The normalized spacial score (nSPS) is 11.7. The molecule has 18 heavy (non-hydrogen) atoms. The van der Waals surface area contributed by atoms with Gasteiger partial charge in [-0.2, -0.15) is 4.73 Å². The summed E-state index contributed by atoms with van der Waals surface area (Å²) in [6.45, 7) is 4.30. The van der Waals surface area contributed by atoms with Crippen LogP contribution in [0.4, 0.5) is 0 Å². The fourth-order valence-corrected chi connectivity index (χ4v) is 1.62. The molecule has 0 amide bonds. The maximum Gasteiger partial charge on any atom is 0.227 e. The number of aliphatic hydroxyl groups excluding tert-OH is 1. The van der Waals surface area contributed by atoms with Gasteiger partial charge in [0.25, 0.3) is 0 Å². The molecule has 4 heteroatoms. The molecule has 1 N–H and O–H groups in total. The fourth-order valence-electron chi connectivity index (χ4n) is 1.62. The molecule has 0 aliphatic rings. The Kier molecular flexibility index (Phi) is 3.39. The predicted octanol–water partition coefficient (Wildman–Crippen LogP) is 1.87. The first kappa shape index (κ1) is 12.6. The molecule has 0 bridgehead atoms. The van der Waals surface area contributed by atoms with E-state index in [0.29, 0.717) is 17.9 Å². The van der Waals surface area contributed by atoms with Crippen molar-refractivity contribution in [3.63, 3.8) is 0 Å². The first-order chi connectivity index (χ1) is 8.53. The number of rotatable bonds is 4. The van der Waals surface area contributed by atoms with E-state index in [2.05, 4.69) is 0 Å². The molecule has 96 valence electrons. The summed E-state index contributed by atoms with van der Waals surface area (Å²) in [6, 6.07) is 8.95. The number of benzene rings is 1. The molecule has 1 heterocycles. The average Bonchev–Trinajstić information content (AvgIpc) is 2.38. The Hall–Kier alpha value is -1.81. The first-order valence-electron chi connectivity index (χ1n) is 5.88. The summed E-state index contributed by atoms with van der Waals surface area (Å²) in [6.07, 6.45) is 1.43. The number of ether oxygens (including phenoxy) is 1. The van der Waals surface area contributed by atoms with Crippen LogP contribution in [0.5, 0.6) is 5.75 Å². The number of para-hydroxylation sites is 1. The van der Waals surface area contributed by atoms with Gasteiger partial charge in [0, 0.05) is 17.5 Å². The summed E-state index contributed by atoms with van der Waals surface area (Å²) in [5.74, 6) is 0.666. The SMILES string of the molecule is CC(C)(CO)COc1cc[n+]([O-])c2ccccc12. The van der Waals surface area contributed by atoms with Gasteiger partial charge in [0.05, 0.1) is 18.6 Å². The molecule has 0 saturated carbocycles. The van der Waals surface area contributed by atoms with E-state index in [9.17, 15) is 10.3 Å². The van der Waals surface area contributed by atoms with E-state index >= 15 is 0 Å². The number of fused-ring (bicyclic) bond motifs is 1. The molecule has 0 fully saturated rings. The van der Waals surface area contributed by atoms with Crippen molar-refractivity contribution in [1.29, 1.82) is 0 Å². The van der Waals surface area contributed by atoms with E-state index in [0.717, 1.165) is 10.1 Å². The zero-order chi connectivity index (χ0) is 13.2. The minimum atomic E-state index is -0.301. The second-order valence-electron chi connectivity index (χ2n) is 5.13. The number of hydrogen-bond acceptors (Lipinski definition) is 3. The zero-order valence-electron chi connectivity index (χ0n) is 10.6. The van der Waals surface area contributed by atoms with Gasteiger partial charge in [-0.15, -0.1) is 0 Å². The molecule has 0 spiro atoms. The largest absolute Gasteiger partial charge is 0.618 e. The fraction of sp³-hybridized carbons (Fsp3) is 0.357. The van der Waals surface area contributed by atoms with Crippen molar-refractivity contribution in [2.45, 2.75) is 13.8 Å². The smallest absolute Gasteiger partial charge is 0.227 e. The van der Waals surface area contributed by atoms with Crippen molar-refractivity contribution in [2.24, 2.45) is 5.41 Å². The van der Waals surface area contributed by atoms with Crippen molar-refractivity contribution in [3.05, 3.63) is 41.7 Å². The van der Waals surface area contributed by atoms with Crippen LogP contribution >= 0.6 is 0 Å². The molecule has 0 aliphatic heterocycles. The van der Waals surface area contributed by atoms with Gasteiger partial charge >= 0.3 is 0 Å². The van der Waals surface area contributed by atoms with Gasteiger partial charge in [-0.25, -0.2) is 0 Å². The van der Waals surface area contributed by atoms with Crippen LogP contribution in [0.25, 0.3) is 10.9 Å². The molecule has 4 nitrogen and oxygen atoms in total. The Labute approximate surface area is 106 Å². The van der Waals surface area contributed by atoms with Crippen LogP contribution in [-0.4, -0.2) is 18.3 Å². The van der Waals surface area contributed by atoms with Crippen LogP contribution in [0.2, 0.25) is 0 Å². The van der Waals surface area contributed by atoms with E-state index in [4.69, 9.17) is 4.74 Å². The van der Waals surface area contributed by atoms with Crippen molar-refractivity contribution >= 4 is 10.9 Å². The molecule has 2 rings (SSSR count). The minimum absolute atomic E-state index is 0.0549. The summed E-state index contributed by atoms with van der Waals surface area (Å²) in [5.41, 5.74) is 0.279. The number of hydrogen-bond donors (Lipinski definition) is 1. The van der Waals surface area contributed by atoms with Gasteiger partial charge in [-0.1, -0.05) is 26.0 Å². The number of nitrogens with zero attached hydrogens (tertiary/aromatic N) is 1. The third-order valence-corrected chi connectivity index (χ3v) is 2.81. The molecule has 1 aromatic heterocycles. The topological polar surface area (TPSA) is 56.4 Å². The molecular formula is C14H17NO3. The Morgan fingerprint density at radius 1 is 1.28 bits per heavy atom. The van der Waals surface area contributed by atoms with Gasteiger partial charge in [0.15, 0.2) is 6.20 Å². The Bertz CT molecular complexity index is 552. The number of aliphatic hydroxyl groups is 1. The van der Waals surface area contributed by atoms with Gasteiger partial charge in [0.2, 0.25) is 5.52 Å². The quantitative estimate of drug-likeness (QED) is 0.663. The van der Waals surface area contributed by atoms with E-state index < -0.39 is 0 Å². The van der Waals surface area contributed by atoms with Crippen LogP contribution in [0.15, 0.2) is 36.5 Å². The van der Waals surface area contributed by atoms with E-state index in [1.807, 2.05) is 32.0 Å².